The zero-order valence-electron chi connectivity index (χ0n) is 7.92. The van der Waals surface area contributed by atoms with Crippen LogP contribution in [-0.4, -0.2) is 0 Å². The number of hydrogen-bond acceptors (Lipinski definition) is 2. The number of halogens is 1. The highest BCUT2D eigenvalue weighted by atomic mass is 19.1. The Morgan fingerprint density at radius 2 is 1.92 bits per heavy atom. The lowest BCUT2D eigenvalue weighted by molar-refractivity contribution is 0.485. The van der Waals surface area contributed by atoms with E-state index in [1.165, 1.54) is 12.1 Å². The molecule has 3 heteroatoms. The lowest BCUT2D eigenvalue weighted by Crippen LogP contribution is -2.18. The van der Waals surface area contributed by atoms with Crippen molar-refractivity contribution in [3.63, 3.8) is 0 Å². The Labute approximate surface area is 77.7 Å². The smallest absolute Gasteiger partial charge is 0.128 e. The molecule has 0 spiro atoms. The van der Waals surface area contributed by atoms with Crippen molar-refractivity contribution in [3.05, 3.63) is 29.6 Å². The first-order valence-electron chi connectivity index (χ1n) is 4.33. The molecule has 1 aromatic rings. The second-order valence-electron chi connectivity index (χ2n) is 3.55. The Morgan fingerprint density at radius 1 is 1.31 bits per heavy atom. The summed E-state index contributed by atoms with van der Waals surface area (Å²) in [6.07, 6.45) is 0. The second-order valence-corrected chi connectivity index (χ2v) is 3.55. The quantitative estimate of drug-likeness (QED) is 0.688. The maximum atomic E-state index is 13.2. The highest BCUT2D eigenvalue weighted by Crippen LogP contribution is 2.23. The van der Waals surface area contributed by atoms with E-state index in [4.69, 9.17) is 11.5 Å². The molecule has 0 radical (unpaired) electrons. The molecule has 13 heavy (non-hydrogen) atoms. The van der Waals surface area contributed by atoms with Gasteiger partial charge in [0, 0.05) is 17.3 Å². The Morgan fingerprint density at radius 3 is 2.46 bits per heavy atom. The number of rotatable bonds is 2. The van der Waals surface area contributed by atoms with Crippen LogP contribution in [0.2, 0.25) is 0 Å². The summed E-state index contributed by atoms with van der Waals surface area (Å²) in [5.41, 5.74) is 12.4. The largest absolute Gasteiger partial charge is 0.399 e. The average Bonchev–Trinajstić information content (AvgIpc) is 2.08. The molecule has 0 unspecified atom stereocenters. The van der Waals surface area contributed by atoms with Crippen LogP contribution in [0.4, 0.5) is 10.1 Å². The van der Waals surface area contributed by atoms with E-state index in [-0.39, 0.29) is 17.8 Å². The van der Waals surface area contributed by atoms with Crippen molar-refractivity contribution in [2.75, 3.05) is 5.73 Å². The Hall–Kier alpha value is -1.09. The average molecular weight is 182 g/mol. The molecule has 0 aliphatic rings. The zero-order valence-corrected chi connectivity index (χ0v) is 7.92. The fourth-order valence-electron chi connectivity index (χ4n) is 1.18. The Bertz CT molecular complexity index is 297. The molecule has 4 N–H and O–H groups in total. The van der Waals surface area contributed by atoms with Crippen LogP contribution < -0.4 is 11.5 Å². The second kappa shape index (κ2) is 3.75. The van der Waals surface area contributed by atoms with E-state index >= 15 is 0 Å². The number of anilines is 1. The van der Waals surface area contributed by atoms with Crippen molar-refractivity contribution in [2.45, 2.75) is 19.9 Å². The first-order chi connectivity index (χ1) is 6.02. The zero-order chi connectivity index (χ0) is 10.0. The summed E-state index contributed by atoms with van der Waals surface area (Å²) in [5.74, 6) is -0.0771. The third-order valence-corrected chi connectivity index (χ3v) is 2.10. The fourth-order valence-corrected chi connectivity index (χ4v) is 1.18. The summed E-state index contributed by atoms with van der Waals surface area (Å²) in [6.45, 7) is 3.90. The van der Waals surface area contributed by atoms with Gasteiger partial charge in [0.2, 0.25) is 0 Å². The van der Waals surface area contributed by atoms with Crippen molar-refractivity contribution in [1.82, 2.24) is 0 Å². The number of hydrogen-bond donors (Lipinski definition) is 2. The minimum atomic E-state index is -0.288. The summed E-state index contributed by atoms with van der Waals surface area (Å²) < 4.78 is 13.2. The molecule has 0 aromatic heterocycles. The van der Waals surface area contributed by atoms with Crippen LogP contribution in [0.1, 0.15) is 25.5 Å². The highest BCUT2D eigenvalue weighted by molar-refractivity contribution is 5.42. The van der Waals surface area contributed by atoms with Gasteiger partial charge < -0.3 is 11.5 Å². The number of benzene rings is 1. The lowest BCUT2D eigenvalue weighted by Gasteiger charge is -2.16. The van der Waals surface area contributed by atoms with Gasteiger partial charge in [-0.25, -0.2) is 4.39 Å². The van der Waals surface area contributed by atoms with E-state index in [0.29, 0.717) is 11.3 Å². The van der Waals surface area contributed by atoms with Gasteiger partial charge in [0.25, 0.3) is 0 Å². The predicted octanol–water partition coefficient (Wildman–Crippen LogP) is 2.06. The minimum absolute atomic E-state index is 0.205. The van der Waals surface area contributed by atoms with Crippen molar-refractivity contribution in [1.29, 1.82) is 0 Å². The Kier molecular flexibility index (Phi) is 2.88. The molecule has 0 amide bonds. The minimum Gasteiger partial charge on any atom is -0.399 e. The summed E-state index contributed by atoms with van der Waals surface area (Å²) in [4.78, 5) is 0. The topological polar surface area (TPSA) is 52.0 Å². The van der Waals surface area contributed by atoms with Gasteiger partial charge in [-0.1, -0.05) is 13.8 Å². The molecule has 0 bridgehead atoms. The molecular weight excluding hydrogens is 167 g/mol. The van der Waals surface area contributed by atoms with E-state index in [0.717, 1.165) is 0 Å². The van der Waals surface area contributed by atoms with Crippen LogP contribution in [0.5, 0.6) is 0 Å². The molecular formula is C10H15FN2. The van der Waals surface area contributed by atoms with E-state index in [2.05, 4.69) is 0 Å². The van der Waals surface area contributed by atoms with Crippen LogP contribution in [0.15, 0.2) is 18.2 Å². The standard InChI is InChI=1S/C10H15FN2/c1-6(2)10(13)8-5-7(12)3-4-9(8)11/h3-6,10H,12-13H2,1-2H3/t10-/m0/s1. The molecule has 0 fully saturated rings. The van der Waals surface area contributed by atoms with Gasteiger partial charge in [0.1, 0.15) is 5.82 Å². The molecule has 0 aliphatic heterocycles. The molecule has 1 aromatic carbocycles. The van der Waals surface area contributed by atoms with Gasteiger partial charge in [0.15, 0.2) is 0 Å². The summed E-state index contributed by atoms with van der Waals surface area (Å²) in [5, 5.41) is 0. The third-order valence-electron chi connectivity index (χ3n) is 2.10. The van der Waals surface area contributed by atoms with E-state index < -0.39 is 0 Å². The molecule has 0 saturated heterocycles. The highest BCUT2D eigenvalue weighted by Gasteiger charge is 2.14. The van der Waals surface area contributed by atoms with E-state index in [9.17, 15) is 4.39 Å². The van der Waals surface area contributed by atoms with Gasteiger partial charge in [0.05, 0.1) is 0 Å². The van der Waals surface area contributed by atoms with Crippen molar-refractivity contribution in [2.24, 2.45) is 11.7 Å². The van der Waals surface area contributed by atoms with Gasteiger partial charge in [-0.3, -0.25) is 0 Å². The summed E-state index contributed by atoms with van der Waals surface area (Å²) in [7, 11) is 0. The van der Waals surface area contributed by atoms with Crippen molar-refractivity contribution < 1.29 is 4.39 Å². The Balaban J connectivity index is 3.05. The first-order valence-corrected chi connectivity index (χ1v) is 4.33. The molecule has 72 valence electrons. The molecule has 2 nitrogen and oxygen atoms in total. The molecule has 1 atom stereocenters. The summed E-state index contributed by atoms with van der Waals surface area (Å²) in [6, 6.07) is 4.20. The number of nitrogens with two attached hydrogens (primary N) is 2. The SMILES string of the molecule is CC(C)[C@H](N)c1cc(N)ccc1F. The van der Waals surface area contributed by atoms with E-state index in [1.807, 2.05) is 13.8 Å². The van der Waals surface area contributed by atoms with Gasteiger partial charge in [-0.2, -0.15) is 0 Å². The maximum Gasteiger partial charge on any atom is 0.128 e. The fraction of sp³-hybridized carbons (Fsp3) is 0.400. The first kappa shape index (κ1) is 9.99. The predicted molar refractivity (Wildman–Crippen MR) is 52.6 cm³/mol. The van der Waals surface area contributed by atoms with Crippen molar-refractivity contribution >= 4 is 5.69 Å². The van der Waals surface area contributed by atoms with Crippen LogP contribution >= 0.6 is 0 Å². The normalized spacial score (nSPS) is 13.3. The van der Waals surface area contributed by atoms with Crippen LogP contribution in [0.3, 0.4) is 0 Å². The van der Waals surface area contributed by atoms with Gasteiger partial charge in [-0.05, 0) is 24.1 Å². The molecule has 0 heterocycles. The van der Waals surface area contributed by atoms with Crippen LogP contribution in [0, 0.1) is 11.7 Å². The van der Waals surface area contributed by atoms with Gasteiger partial charge in [-0.15, -0.1) is 0 Å². The van der Waals surface area contributed by atoms with Gasteiger partial charge >= 0.3 is 0 Å². The lowest BCUT2D eigenvalue weighted by atomic mass is 9.96. The third kappa shape index (κ3) is 2.18. The number of nitrogen functional groups attached to an aromatic ring is 1. The van der Waals surface area contributed by atoms with Crippen LogP contribution in [-0.2, 0) is 0 Å². The molecule has 1 rings (SSSR count). The molecule has 0 aliphatic carbocycles. The summed E-state index contributed by atoms with van der Waals surface area (Å²) >= 11 is 0. The van der Waals surface area contributed by atoms with E-state index in [1.54, 1.807) is 6.07 Å². The monoisotopic (exact) mass is 182 g/mol. The molecule has 0 saturated carbocycles. The van der Waals surface area contributed by atoms with Crippen molar-refractivity contribution in [3.8, 4) is 0 Å². The van der Waals surface area contributed by atoms with Crippen LogP contribution in [0.25, 0.3) is 0 Å². The maximum absolute atomic E-state index is 13.2.